The molecule has 0 unspecified atom stereocenters. The van der Waals surface area contributed by atoms with Gasteiger partial charge in [0.1, 0.15) is 5.92 Å². The van der Waals surface area contributed by atoms with Crippen molar-refractivity contribution in [3.8, 4) is 0 Å². The highest BCUT2D eigenvalue weighted by molar-refractivity contribution is 6.31. The van der Waals surface area contributed by atoms with Gasteiger partial charge in [-0.1, -0.05) is 66.2 Å². The van der Waals surface area contributed by atoms with Crippen molar-refractivity contribution in [2.24, 2.45) is 5.92 Å². The fraction of sp³-hybridized carbons (Fsp3) is 0.130. The summed E-state index contributed by atoms with van der Waals surface area (Å²) in [7, 11) is 0. The van der Waals surface area contributed by atoms with E-state index in [4.69, 9.17) is 16.4 Å². The summed E-state index contributed by atoms with van der Waals surface area (Å²) in [6.45, 7) is 0. The highest BCUT2D eigenvalue weighted by Crippen LogP contribution is 2.47. The van der Waals surface area contributed by atoms with Gasteiger partial charge in [0.25, 0.3) is 5.91 Å². The number of hydrogen-bond acceptors (Lipinski definition) is 4. The van der Waals surface area contributed by atoms with Crippen molar-refractivity contribution >= 4 is 34.8 Å². The number of carbonyl (C=O) groups excluding carboxylic acids is 2. The molecule has 29 heavy (non-hydrogen) atoms. The third kappa shape index (κ3) is 2.90. The van der Waals surface area contributed by atoms with E-state index in [9.17, 15) is 9.59 Å². The van der Waals surface area contributed by atoms with Crippen molar-refractivity contribution in [2.45, 2.75) is 12.1 Å². The molecule has 5 nitrogen and oxygen atoms in total. The zero-order valence-corrected chi connectivity index (χ0v) is 16.1. The van der Waals surface area contributed by atoms with Gasteiger partial charge in [-0.05, 0) is 35.9 Å². The molecule has 0 saturated carbocycles. The number of imide groups is 1. The highest BCUT2D eigenvalue weighted by atomic mass is 35.5. The van der Waals surface area contributed by atoms with Gasteiger partial charge in [-0.15, -0.1) is 0 Å². The first kappa shape index (κ1) is 17.9. The molecule has 2 fully saturated rings. The minimum atomic E-state index is -0.883. The van der Waals surface area contributed by atoms with Crippen LogP contribution < -0.4 is 9.96 Å². The van der Waals surface area contributed by atoms with Gasteiger partial charge in [-0.3, -0.25) is 14.4 Å². The lowest BCUT2D eigenvalue weighted by Gasteiger charge is -2.28. The van der Waals surface area contributed by atoms with Crippen molar-refractivity contribution in [3.63, 3.8) is 0 Å². The largest absolute Gasteiger partial charge is 0.273 e. The number of nitrogens with zero attached hydrogens (tertiary/aromatic N) is 2. The number of rotatable bonds is 3. The molecule has 144 valence electrons. The lowest BCUT2D eigenvalue weighted by Crippen LogP contribution is -2.37. The topological polar surface area (TPSA) is 49.9 Å². The quantitative estimate of drug-likeness (QED) is 0.607. The number of benzene rings is 3. The van der Waals surface area contributed by atoms with E-state index in [1.807, 2.05) is 60.7 Å². The Bertz CT molecular complexity index is 1070. The fourth-order valence-corrected chi connectivity index (χ4v) is 4.26. The monoisotopic (exact) mass is 404 g/mol. The van der Waals surface area contributed by atoms with Gasteiger partial charge in [0.15, 0.2) is 6.10 Å². The van der Waals surface area contributed by atoms with Crippen LogP contribution >= 0.6 is 11.6 Å². The molecular formula is C23H17ClN2O3. The van der Waals surface area contributed by atoms with Crippen molar-refractivity contribution in [3.05, 3.63) is 95.5 Å². The zero-order chi connectivity index (χ0) is 20.0. The van der Waals surface area contributed by atoms with Crippen molar-refractivity contribution in [1.29, 1.82) is 0 Å². The van der Waals surface area contributed by atoms with Gasteiger partial charge < -0.3 is 0 Å². The second-order valence-electron chi connectivity index (χ2n) is 7.06. The third-order valence-electron chi connectivity index (χ3n) is 5.33. The Hall–Kier alpha value is -3.15. The first-order valence-electron chi connectivity index (χ1n) is 9.34. The number of carbonyl (C=O) groups is 2. The summed E-state index contributed by atoms with van der Waals surface area (Å²) < 4.78 is 0. The minimum Gasteiger partial charge on any atom is -0.273 e. The fourth-order valence-electron chi connectivity index (χ4n) is 4.07. The molecule has 2 heterocycles. The lowest BCUT2D eigenvalue weighted by molar-refractivity contribution is -0.126. The van der Waals surface area contributed by atoms with Crippen molar-refractivity contribution in [2.75, 3.05) is 9.96 Å². The van der Waals surface area contributed by atoms with E-state index in [2.05, 4.69) is 0 Å². The molecule has 3 aromatic rings. The van der Waals surface area contributed by atoms with Crippen LogP contribution in [0.3, 0.4) is 0 Å². The molecular weight excluding hydrogens is 388 g/mol. The summed E-state index contributed by atoms with van der Waals surface area (Å²) in [5, 5.41) is 2.15. The van der Waals surface area contributed by atoms with Gasteiger partial charge in [0.2, 0.25) is 5.91 Å². The van der Waals surface area contributed by atoms with E-state index in [0.29, 0.717) is 10.7 Å². The van der Waals surface area contributed by atoms with Gasteiger partial charge >= 0.3 is 0 Å². The van der Waals surface area contributed by atoms with Crippen LogP contribution in [0.25, 0.3) is 0 Å². The molecule has 6 heteroatoms. The summed E-state index contributed by atoms with van der Waals surface area (Å²) in [6, 6.07) is 25.5. The Morgan fingerprint density at radius 1 is 0.759 bits per heavy atom. The lowest BCUT2D eigenvalue weighted by atomic mass is 9.90. The maximum Gasteiger partial charge on any atom is 0.266 e. The van der Waals surface area contributed by atoms with Gasteiger partial charge in [0.05, 0.1) is 17.4 Å². The predicted molar refractivity (Wildman–Crippen MR) is 110 cm³/mol. The molecule has 3 atom stereocenters. The molecule has 5 rings (SSSR count). The van der Waals surface area contributed by atoms with E-state index in [0.717, 1.165) is 11.3 Å². The maximum atomic E-state index is 13.4. The molecule has 0 spiro atoms. The molecule has 2 amide bonds. The molecule has 2 saturated heterocycles. The molecule has 2 aliphatic heterocycles. The predicted octanol–water partition coefficient (Wildman–Crippen LogP) is 4.39. The first-order chi connectivity index (χ1) is 14.1. The van der Waals surface area contributed by atoms with E-state index < -0.39 is 18.1 Å². The summed E-state index contributed by atoms with van der Waals surface area (Å²) in [5.74, 6) is -1.31. The average molecular weight is 405 g/mol. The number of hydrogen-bond donors (Lipinski definition) is 0. The number of para-hydroxylation sites is 1. The number of halogens is 1. The Labute approximate surface area is 173 Å². The maximum absolute atomic E-state index is 13.4. The molecule has 0 bridgehead atoms. The number of amides is 2. The zero-order valence-electron chi connectivity index (χ0n) is 15.3. The normalized spacial score (nSPS) is 23.6. The number of hydroxylamine groups is 1. The van der Waals surface area contributed by atoms with Crippen LogP contribution in [0.4, 0.5) is 11.4 Å². The SMILES string of the molecule is O=C1[C@H]2[C@@H](c3ccccc3)N(c3ccccc3)O[C@H]2C(=O)N1c1cccc(Cl)c1. The van der Waals surface area contributed by atoms with E-state index in [-0.39, 0.29) is 11.8 Å². The van der Waals surface area contributed by atoms with E-state index in [1.54, 1.807) is 29.3 Å². The van der Waals surface area contributed by atoms with E-state index >= 15 is 0 Å². The van der Waals surface area contributed by atoms with Crippen LogP contribution in [-0.4, -0.2) is 17.9 Å². The Balaban J connectivity index is 1.59. The van der Waals surface area contributed by atoms with Crippen LogP contribution in [0.5, 0.6) is 0 Å². The summed E-state index contributed by atoms with van der Waals surface area (Å²) in [5.41, 5.74) is 2.17. The Kier molecular flexibility index (Phi) is 4.34. The number of anilines is 2. The Morgan fingerprint density at radius 3 is 2.10 bits per heavy atom. The first-order valence-corrected chi connectivity index (χ1v) is 9.72. The summed E-state index contributed by atoms with van der Waals surface area (Å²) >= 11 is 6.08. The van der Waals surface area contributed by atoms with Crippen LogP contribution in [0.15, 0.2) is 84.9 Å². The molecule has 0 N–H and O–H groups in total. The van der Waals surface area contributed by atoms with Crippen LogP contribution in [0.1, 0.15) is 11.6 Å². The molecule has 0 aromatic heterocycles. The van der Waals surface area contributed by atoms with Gasteiger partial charge in [-0.25, -0.2) is 9.96 Å². The summed E-state index contributed by atoms with van der Waals surface area (Å²) in [6.07, 6.45) is -0.883. The van der Waals surface area contributed by atoms with Crippen LogP contribution in [0, 0.1) is 5.92 Å². The smallest absolute Gasteiger partial charge is 0.266 e. The van der Waals surface area contributed by atoms with Crippen molar-refractivity contribution in [1.82, 2.24) is 0 Å². The minimum absolute atomic E-state index is 0.283. The Morgan fingerprint density at radius 2 is 1.41 bits per heavy atom. The van der Waals surface area contributed by atoms with Gasteiger partial charge in [0, 0.05) is 5.02 Å². The van der Waals surface area contributed by atoms with Gasteiger partial charge in [-0.2, -0.15) is 0 Å². The average Bonchev–Trinajstić information content (AvgIpc) is 3.26. The summed E-state index contributed by atoms with van der Waals surface area (Å²) in [4.78, 5) is 33.9. The second-order valence-corrected chi connectivity index (χ2v) is 7.50. The standard InChI is InChI=1S/C23H17ClN2O3/c24-16-10-7-13-18(14-16)25-22(27)19-20(15-8-3-1-4-9-15)26(29-21(19)23(25)28)17-11-5-2-6-12-17/h1-14,19-21H/t19-,20+,21+/m0/s1. The van der Waals surface area contributed by atoms with Crippen LogP contribution in [-0.2, 0) is 14.4 Å². The molecule has 2 aliphatic rings. The molecule has 3 aromatic carbocycles. The second kappa shape index (κ2) is 7.03. The van der Waals surface area contributed by atoms with Crippen LogP contribution in [0.2, 0.25) is 5.02 Å². The molecule has 0 radical (unpaired) electrons. The van der Waals surface area contributed by atoms with E-state index in [1.165, 1.54) is 4.90 Å². The highest BCUT2D eigenvalue weighted by Gasteiger charge is 2.60. The van der Waals surface area contributed by atoms with Crippen molar-refractivity contribution < 1.29 is 14.4 Å². The molecule has 0 aliphatic carbocycles. The third-order valence-corrected chi connectivity index (χ3v) is 5.57. The number of fused-ring (bicyclic) bond motifs is 1.